The van der Waals surface area contributed by atoms with Crippen molar-refractivity contribution in [2.24, 2.45) is 5.41 Å². The van der Waals surface area contributed by atoms with Crippen molar-refractivity contribution in [1.29, 1.82) is 0 Å². The van der Waals surface area contributed by atoms with E-state index < -0.39 is 0 Å². The number of anilines is 2. The SMILES string of the molecule is CC1(C)Cc2nc(N3CCCC3)ncc2[C@H](NC(=O)c2cccc(N3CCCC3=O)c2)C1. The van der Waals surface area contributed by atoms with E-state index in [4.69, 9.17) is 4.98 Å². The Morgan fingerprint density at radius 3 is 2.72 bits per heavy atom. The summed E-state index contributed by atoms with van der Waals surface area (Å²) < 4.78 is 0. The first kappa shape index (κ1) is 20.9. The third-order valence-corrected chi connectivity index (χ3v) is 6.85. The van der Waals surface area contributed by atoms with Gasteiger partial charge in [0.2, 0.25) is 11.9 Å². The van der Waals surface area contributed by atoms with E-state index in [1.165, 1.54) is 12.8 Å². The summed E-state index contributed by atoms with van der Waals surface area (Å²) in [5.41, 5.74) is 3.46. The van der Waals surface area contributed by atoms with Gasteiger partial charge in [-0.15, -0.1) is 0 Å². The van der Waals surface area contributed by atoms with Crippen LogP contribution < -0.4 is 15.1 Å². The number of aromatic nitrogens is 2. The van der Waals surface area contributed by atoms with Crippen LogP contribution >= 0.6 is 0 Å². The van der Waals surface area contributed by atoms with Crippen molar-refractivity contribution in [3.63, 3.8) is 0 Å². The van der Waals surface area contributed by atoms with Crippen molar-refractivity contribution in [2.75, 3.05) is 29.4 Å². The molecule has 0 bridgehead atoms. The Labute approximate surface area is 189 Å². The fraction of sp³-hybridized carbons (Fsp3) is 0.520. The fourth-order valence-corrected chi connectivity index (χ4v) is 5.21. The van der Waals surface area contributed by atoms with Crippen molar-refractivity contribution >= 4 is 23.5 Å². The molecule has 1 atom stereocenters. The molecule has 2 saturated heterocycles. The molecule has 7 nitrogen and oxygen atoms in total. The maximum Gasteiger partial charge on any atom is 0.251 e. The van der Waals surface area contributed by atoms with Gasteiger partial charge in [-0.1, -0.05) is 19.9 Å². The Morgan fingerprint density at radius 2 is 1.97 bits per heavy atom. The largest absolute Gasteiger partial charge is 0.345 e. The van der Waals surface area contributed by atoms with Gasteiger partial charge in [0.1, 0.15) is 0 Å². The van der Waals surface area contributed by atoms with Gasteiger partial charge in [0.05, 0.1) is 11.7 Å². The molecule has 0 radical (unpaired) electrons. The topological polar surface area (TPSA) is 78.4 Å². The Morgan fingerprint density at radius 1 is 1.16 bits per heavy atom. The summed E-state index contributed by atoms with van der Waals surface area (Å²) in [5.74, 6) is 0.805. The number of benzene rings is 1. The molecule has 2 amide bonds. The number of carbonyl (C=O) groups excluding carboxylic acids is 2. The molecule has 1 aromatic heterocycles. The van der Waals surface area contributed by atoms with E-state index in [0.29, 0.717) is 18.5 Å². The summed E-state index contributed by atoms with van der Waals surface area (Å²) in [6.45, 7) is 7.19. The van der Waals surface area contributed by atoms with Crippen LogP contribution in [0.15, 0.2) is 30.5 Å². The van der Waals surface area contributed by atoms with Crippen molar-refractivity contribution in [3.8, 4) is 0 Å². The van der Waals surface area contributed by atoms with Gasteiger partial charge < -0.3 is 15.1 Å². The molecule has 1 N–H and O–H groups in total. The van der Waals surface area contributed by atoms with Gasteiger partial charge in [-0.3, -0.25) is 9.59 Å². The normalized spacial score (nSPS) is 22.2. The van der Waals surface area contributed by atoms with Crippen molar-refractivity contribution in [2.45, 2.75) is 58.4 Å². The lowest BCUT2D eigenvalue weighted by Gasteiger charge is -2.36. The van der Waals surface area contributed by atoms with Crippen LogP contribution in [0, 0.1) is 5.41 Å². The van der Waals surface area contributed by atoms with Crippen LogP contribution in [0.25, 0.3) is 0 Å². The molecule has 3 aliphatic rings. The number of hydrogen-bond donors (Lipinski definition) is 1. The third-order valence-electron chi connectivity index (χ3n) is 6.85. The average molecular weight is 434 g/mol. The highest BCUT2D eigenvalue weighted by atomic mass is 16.2. The molecule has 0 spiro atoms. The van der Waals surface area contributed by atoms with Gasteiger partial charge in [-0.25, -0.2) is 9.97 Å². The van der Waals surface area contributed by atoms with Crippen LogP contribution in [0.3, 0.4) is 0 Å². The number of nitrogens with zero attached hydrogens (tertiary/aromatic N) is 4. The summed E-state index contributed by atoms with van der Waals surface area (Å²) in [4.78, 5) is 38.9. The number of hydrogen-bond acceptors (Lipinski definition) is 5. The lowest BCUT2D eigenvalue weighted by atomic mass is 9.74. The molecule has 5 rings (SSSR count). The highest BCUT2D eigenvalue weighted by Gasteiger charge is 2.35. The first-order valence-corrected chi connectivity index (χ1v) is 11.7. The van der Waals surface area contributed by atoms with E-state index in [0.717, 1.165) is 55.2 Å². The minimum absolute atomic E-state index is 0.0331. The van der Waals surface area contributed by atoms with Gasteiger partial charge in [0.25, 0.3) is 5.91 Å². The Kier molecular flexibility index (Phi) is 5.35. The number of rotatable bonds is 4. The van der Waals surface area contributed by atoms with Crippen molar-refractivity contribution in [1.82, 2.24) is 15.3 Å². The number of fused-ring (bicyclic) bond motifs is 1. The molecule has 168 valence electrons. The summed E-state index contributed by atoms with van der Waals surface area (Å²) in [5, 5.41) is 3.23. The highest BCUT2D eigenvalue weighted by molar-refractivity contribution is 5.99. The standard InChI is InChI=1S/C25H31N5O2/c1-25(2)14-20(19-16-26-24(28-21(19)15-25)29-10-3-4-11-29)27-23(32)17-7-5-8-18(13-17)30-12-6-9-22(30)31/h5,7-8,13,16,20H,3-4,6,9-12,14-15H2,1-2H3,(H,27,32)/t20-/m1/s1. The lowest BCUT2D eigenvalue weighted by molar-refractivity contribution is -0.117. The third kappa shape index (κ3) is 4.08. The second kappa shape index (κ2) is 8.19. The van der Waals surface area contributed by atoms with Crippen molar-refractivity contribution < 1.29 is 9.59 Å². The second-order valence-corrected chi connectivity index (χ2v) is 10.0. The molecule has 32 heavy (non-hydrogen) atoms. The Balaban J connectivity index is 1.38. The predicted molar refractivity (Wildman–Crippen MR) is 124 cm³/mol. The van der Waals surface area contributed by atoms with Crippen LogP contribution in [-0.2, 0) is 11.2 Å². The van der Waals surface area contributed by atoms with E-state index in [1.54, 1.807) is 11.0 Å². The number of amides is 2. The van der Waals surface area contributed by atoms with Crippen LogP contribution in [-0.4, -0.2) is 41.4 Å². The van der Waals surface area contributed by atoms with Crippen LogP contribution in [0.1, 0.15) is 73.6 Å². The molecular formula is C25H31N5O2. The zero-order valence-corrected chi connectivity index (χ0v) is 18.9. The summed E-state index contributed by atoms with van der Waals surface area (Å²) >= 11 is 0. The highest BCUT2D eigenvalue weighted by Crippen LogP contribution is 2.40. The van der Waals surface area contributed by atoms with E-state index in [2.05, 4.69) is 29.0 Å². The molecule has 0 unspecified atom stereocenters. The van der Waals surface area contributed by atoms with Gasteiger partial charge in [-0.2, -0.15) is 0 Å². The lowest BCUT2D eigenvalue weighted by Crippen LogP contribution is -2.37. The zero-order chi connectivity index (χ0) is 22.3. The van der Waals surface area contributed by atoms with Crippen LogP contribution in [0.5, 0.6) is 0 Å². The Hall–Kier alpha value is -2.96. The van der Waals surface area contributed by atoms with E-state index in [-0.39, 0.29) is 23.3 Å². The minimum Gasteiger partial charge on any atom is -0.345 e. The maximum atomic E-state index is 13.2. The molecule has 7 heteroatoms. The van der Waals surface area contributed by atoms with E-state index in [9.17, 15) is 9.59 Å². The smallest absolute Gasteiger partial charge is 0.251 e. The summed E-state index contributed by atoms with van der Waals surface area (Å²) in [6, 6.07) is 7.24. The number of carbonyl (C=O) groups is 2. The van der Waals surface area contributed by atoms with Gasteiger partial charge >= 0.3 is 0 Å². The Bertz CT molecular complexity index is 1040. The molecule has 1 aliphatic carbocycles. The molecule has 1 aromatic carbocycles. The van der Waals surface area contributed by atoms with Crippen LogP contribution in [0.4, 0.5) is 11.6 Å². The van der Waals surface area contributed by atoms with Crippen molar-refractivity contribution in [3.05, 3.63) is 47.3 Å². The van der Waals surface area contributed by atoms with E-state index in [1.807, 2.05) is 24.4 Å². The molecule has 0 saturated carbocycles. The molecule has 2 aliphatic heterocycles. The summed E-state index contributed by atoms with van der Waals surface area (Å²) in [6.07, 6.45) is 7.44. The van der Waals surface area contributed by atoms with Crippen LogP contribution in [0.2, 0.25) is 0 Å². The maximum absolute atomic E-state index is 13.2. The number of nitrogens with one attached hydrogen (secondary N) is 1. The quantitative estimate of drug-likeness (QED) is 0.796. The minimum atomic E-state index is -0.133. The molecule has 2 fully saturated rings. The first-order chi connectivity index (χ1) is 15.4. The zero-order valence-electron chi connectivity index (χ0n) is 18.9. The monoisotopic (exact) mass is 433 g/mol. The summed E-state index contributed by atoms with van der Waals surface area (Å²) in [7, 11) is 0. The van der Waals surface area contributed by atoms with Gasteiger partial charge in [0.15, 0.2) is 0 Å². The van der Waals surface area contributed by atoms with Gasteiger partial charge in [0, 0.05) is 49.1 Å². The predicted octanol–water partition coefficient (Wildman–Crippen LogP) is 3.65. The fourth-order valence-electron chi connectivity index (χ4n) is 5.21. The molecule has 2 aromatic rings. The first-order valence-electron chi connectivity index (χ1n) is 11.7. The van der Waals surface area contributed by atoms with E-state index >= 15 is 0 Å². The van der Waals surface area contributed by atoms with Gasteiger partial charge in [-0.05, 0) is 55.7 Å². The second-order valence-electron chi connectivity index (χ2n) is 10.0. The molecular weight excluding hydrogens is 402 g/mol. The molecule has 3 heterocycles. The average Bonchev–Trinajstić information content (AvgIpc) is 3.44.